The molecule has 0 aromatic heterocycles. The van der Waals surface area contributed by atoms with Crippen molar-refractivity contribution in [3.63, 3.8) is 0 Å². The van der Waals surface area contributed by atoms with Gasteiger partial charge in [0.2, 0.25) is 5.96 Å². The Morgan fingerprint density at radius 3 is 3.17 bits per heavy atom. The van der Waals surface area contributed by atoms with E-state index in [0.29, 0.717) is 6.04 Å². The molecule has 18 heavy (non-hydrogen) atoms. The van der Waals surface area contributed by atoms with E-state index in [9.17, 15) is 0 Å². The summed E-state index contributed by atoms with van der Waals surface area (Å²) in [5.74, 6) is 1.16. The third kappa shape index (κ3) is 1.27. The van der Waals surface area contributed by atoms with Gasteiger partial charge in [0, 0.05) is 31.4 Å². The standard InChI is InChI=1S/C15H17N3/c1-17-9-4-10-18-13-8-3-6-11-5-2-7-12(14(11)13)16-15(17)18/h2-3,5-6,8,12H,4,7,9-10H2,1H3. The summed E-state index contributed by atoms with van der Waals surface area (Å²) in [7, 11) is 2.15. The van der Waals surface area contributed by atoms with Crippen molar-refractivity contribution >= 4 is 17.7 Å². The molecular formula is C15H17N3. The van der Waals surface area contributed by atoms with Crippen LogP contribution in [0.3, 0.4) is 0 Å². The molecule has 1 atom stereocenters. The van der Waals surface area contributed by atoms with E-state index in [-0.39, 0.29) is 0 Å². The van der Waals surface area contributed by atoms with Crippen LogP contribution in [0, 0.1) is 0 Å². The van der Waals surface area contributed by atoms with Crippen molar-refractivity contribution in [3.8, 4) is 0 Å². The molecule has 0 spiro atoms. The third-order valence-corrected chi connectivity index (χ3v) is 4.13. The molecule has 1 fully saturated rings. The van der Waals surface area contributed by atoms with Crippen LogP contribution >= 0.6 is 0 Å². The van der Waals surface area contributed by atoms with E-state index in [1.807, 2.05) is 0 Å². The number of anilines is 1. The summed E-state index contributed by atoms with van der Waals surface area (Å²) in [6.07, 6.45) is 6.73. The minimum atomic E-state index is 0.327. The first kappa shape index (κ1) is 10.2. The molecule has 1 saturated heterocycles. The smallest absolute Gasteiger partial charge is 0.201 e. The van der Waals surface area contributed by atoms with Crippen LogP contribution in [-0.4, -0.2) is 31.0 Å². The highest BCUT2D eigenvalue weighted by Gasteiger charge is 2.33. The van der Waals surface area contributed by atoms with Gasteiger partial charge < -0.3 is 9.80 Å². The first-order chi connectivity index (χ1) is 8.84. The lowest BCUT2D eigenvalue weighted by Gasteiger charge is -2.43. The van der Waals surface area contributed by atoms with Crippen molar-refractivity contribution < 1.29 is 0 Å². The van der Waals surface area contributed by atoms with E-state index in [0.717, 1.165) is 25.5 Å². The normalized spacial score (nSPS) is 24.5. The maximum atomic E-state index is 4.97. The average Bonchev–Trinajstić information content (AvgIpc) is 2.41. The Morgan fingerprint density at radius 2 is 2.22 bits per heavy atom. The zero-order valence-corrected chi connectivity index (χ0v) is 10.6. The summed E-state index contributed by atoms with van der Waals surface area (Å²) >= 11 is 0. The molecule has 0 N–H and O–H groups in total. The molecule has 0 radical (unpaired) electrons. The van der Waals surface area contributed by atoms with Gasteiger partial charge in [-0.15, -0.1) is 0 Å². The Bertz CT molecular complexity index is 559. The molecule has 3 heteroatoms. The predicted molar refractivity (Wildman–Crippen MR) is 74.9 cm³/mol. The minimum Gasteiger partial charge on any atom is -0.346 e. The summed E-state index contributed by atoms with van der Waals surface area (Å²) in [5, 5.41) is 0. The highest BCUT2D eigenvalue weighted by atomic mass is 15.4. The van der Waals surface area contributed by atoms with Gasteiger partial charge in [-0.3, -0.25) is 0 Å². The molecular weight excluding hydrogens is 222 g/mol. The maximum absolute atomic E-state index is 4.97. The van der Waals surface area contributed by atoms with Crippen molar-refractivity contribution in [1.29, 1.82) is 0 Å². The maximum Gasteiger partial charge on any atom is 0.201 e. The van der Waals surface area contributed by atoms with Crippen LogP contribution in [0.25, 0.3) is 6.08 Å². The molecule has 2 heterocycles. The highest BCUT2D eigenvalue weighted by molar-refractivity contribution is 6.00. The zero-order chi connectivity index (χ0) is 12.1. The van der Waals surface area contributed by atoms with Gasteiger partial charge in [0.15, 0.2) is 0 Å². The van der Waals surface area contributed by atoms with Crippen LogP contribution in [0.15, 0.2) is 29.3 Å². The second-order valence-electron chi connectivity index (χ2n) is 5.29. The van der Waals surface area contributed by atoms with Crippen LogP contribution < -0.4 is 4.90 Å². The van der Waals surface area contributed by atoms with Crippen LogP contribution in [-0.2, 0) is 0 Å². The number of guanidine groups is 1. The monoisotopic (exact) mass is 239 g/mol. The van der Waals surface area contributed by atoms with E-state index in [1.165, 1.54) is 23.2 Å². The number of benzene rings is 1. The van der Waals surface area contributed by atoms with Crippen LogP contribution in [0.5, 0.6) is 0 Å². The van der Waals surface area contributed by atoms with Gasteiger partial charge in [-0.1, -0.05) is 24.3 Å². The topological polar surface area (TPSA) is 18.8 Å². The fourth-order valence-corrected chi connectivity index (χ4v) is 3.28. The van der Waals surface area contributed by atoms with Gasteiger partial charge in [-0.25, -0.2) is 4.99 Å². The van der Waals surface area contributed by atoms with E-state index < -0.39 is 0 Å². The van der Waals surface area contributed by atoms with Gasteiger partial charge >= 0.3 is 0 Å². The molecule has 0 saturated carbocycles. The van der Waals surface area contributed by atoms with E-state index in [2.05, 4.69) is 47.2 Å². The average molecular weight is 239 g/mol. The van der Waals surface area contributed by atoms with Crippen molar-refractivity contribution in [3.05, 3.63) is 35.4 Å². The highest BCUT2D eigenvalue weighted by Crippen LogP contribution is 2.42. The summed E-state index contributed by atoms with van der Waals surface area (Å²) in [6, 6.07) is 6.94. The summed E-state index contributed by atoms with van der Waals surface area (Å²) in [4.78, 5) is 9.65. The van der Waals surface area contributed by atoms with Crippen molar-refractivity contribution in [2.45, 2.75) is 18.9 Å². The largest absolute Gasteiger partial charge is 0.346 e. The molecule has 92 valence electrons. The molecule has 4 rings (SSSR count). The van der Waals surface area contributed by atoms with Crippen LogP contribution in [0.2, 0.25) is 0 Å². The number of hydrogen-bond donors (Lipinski definition) is 0. The van der Waals surface area contributed by atoms with Crippen molar-refractivity contribution in [1.82, 2.24) is 4.90 Å². The number of nitrogens with zero attached hydrogens (tertiary/aromatic N) is 3. The summed E-state index contributed by atoms with van der Waals surface area (Å²) < 4.78 is 0. The quantitative estimate of drug-likeness (QED) is 0.693. The predicted octanol–water partition coefficient (Wildman–Crippen LogP) is 2.66. The number of fused-ring (bicyclic) bond motifs is 2. The lowest BCUT2D eigenvalue weighted by atomic mass is 9.89. The Kier molecular flexibility index (Phi) is 2.04. The van der Waals surface area contributed by atoms with Gasteiger partial charge in [0.05, 0.1) is 6.04 Å². The molecule has 0 bridgehead atoms. The Labute approximate surface area is 107 Å². The van der Waals surface area contributed by atoms with E-state index >= 15 is 0 Å². The molecule has 2 aliphatic heterocycles. The summed E-state index contributed by atoms with van der Waals surface area (Å²) in [6.45, 7) is 2.21. The SMILES string of the molecule is CN1CCCN2C1=NC1CC=Cc3cccc2c31. The molecule has 1 unspecified atom stereocenters. The van der Waals surface area contributed by atoms with Crippen LogP contribution in [0.1, 0.15) is 30.0 Å². The third-order valence-electron chi connectivity index (χ3n) is 4.13. The van der Waals surface area contributed by atoms with E-state index in [4.69, 9.17) is 4.99 Å². The number of aliphatic imine (C=N–C) groups is 1. The van der Waals surface area contributed by atoms with Crippen molar-refractivity contribution in [2.24, 2.45) is 4.99 Å². The minimum absolute atomic E-state index is 0.327. The van der Waals surface area contributed by atoms with E-state index in [1.54, 1.807) is 0 Å². The second kappa shape index (κ2) is 3.61. The van der Waals surface area contributed by atoms with Gasteiger partial charge in [0.25, 0.3) is 0 Å². The molecule has 3 nitrogen and oxygen atoms in total. The van der Waals surface area contributed by atoms with Gasteiger partial charge in [-0.2, -0.15) is 0 Å². The first-order valence-corrected chi connectivity index (χ1v) is 6.70. The zero-order valence-electron chi connectivity index (χ0n) is 10.6. The number of rotatable bonds is 0. The lowest BCUT2D eigenvalue weighted by Crippen LogP contribution is -2.50. The fraction of sp³-hybridized carbons (Fsp3) is 0.400. The van der Waals surface area contributed by atoms with Gasteiger partial charge in [0.1, 0.15) is 0 Å². The van der Waals surface area contributed by atoms with Gasteiger partial charge in [-0.05, 0) is 24.5 Å². The van der Waals surface area contributed by atoms with Crippen LogP contribution in [0.4, 0.5) is 5.69 Å². The summed E-state index contributed by atoms with van der Waals surface area (Å²) in [5.41, 5.74) is 4.15. The molecule has 1 aliphatic carbocycles. The number of hydrogen-bond acceptors (Lipinski definition) is 3. The van der Waals surface area contributed by atoms with Crippen molar-refractivity contribution in [2.75, 3.05) is 25.0 Å². The Balaban J connectivity index is 1.93. The first-order valence-electron chi connectivity index (χ1n) is 6.70. The Hall–Kier alpha value is -1.77. The molecule has 0 amide bonds. The second-order valence-corrected chi connectivity index (χ2v) is 5.29. The Morgan fingerprint density at radius 1 is 1.28 bits per heavy atom. The molecule has 1 aromatic rings. The fourth-order valence-electron chi connectivity index (χ4n) is 3.28. The lowest BCUT2D eigenvalue weighted by molar-refractivity contribution is 0.439. The molecule has 1 aromatic carbocycles. The molecule has 3 aliphatic rings.